The molecular formula is C12H24N2O4S. The van der Waals surface area contributed by atoms with E-state index in [0.717, 1.165) is 19.3 Å². The zero-order valence-electron chi connectivity index (χ0n) is 11.4. The number of hydrogen-bond donors (Lipinski definition) is 2. The van der Waals surface area contributed by atoms with Crippen LogP contribution in [-0.4, -0.2) is 52.6 Å². The summed E-state index contributed by atoms with van der Waals surface area (Å²) in [5.74, 6) is 0.380. The Kier molecular flexibility index (Phi) is 6.74. The molecule has 0 unspecified atom stereocenters. The molecule has 19 heavy (non-hydrogen) atoms. The molecule has 0 bridgehead atoms. The molecule has 6 nitrogen and oxygen atoms in total. The second-order valence-electron chi connectivity index (χ2n) is 5.07. The van der Waals surface area contributed by atoms with Gasteiger partial charge in [0.15, 0.2) is 0 Å². The Hall–Kier alpha value is -0.660. The van der Waals surface area contributed by atoms with E-state index in [4.69, 9.17) is 10.5 Å². The summed E-state index contributed by atoms with van der Waals surface area (Å²) in [6, 6.07) is 0. The van der Waals surface area contributed by atoms with Gasteiger partial charge in [0.05, 0.1) is 19.0 Å². The highest BCUT2D eigenvalue weighted by atomic mass is 32.2. The van der Waals surface area contributed by atoms with Crippen LogP contribution < -0.4 is 11.1 Å². The zero-order chi connectivity index (χ0) is 14.3. The first-order valence-electron chi connectivity index (χ1n) is 6.67. The lowest BCUT2D eigenvalue weighted by atomic mass is 9.95. The summed E-state index contributed by atoms with van der Waals surface area (Å²) in [5.41, 5.74) is 5.64. The van der Waals surface area contributed by atoms with Crippen LogP contribution in [0.3, 0.4) is 0 Å². The molecule has 1 aliphatic carbocycles. The smallest absolute Gasteiger partial charge is 0.223 e. The number of nitrogens with two attached hydrogens (primary N) is 1. The third-order valence-corrected chi connectivity index (χ3v) is 4.35. The van der Waals surface area contributed by atoms with E-state index in [-0.39, 0.29) is 24.2 Å². The first kappa shape index (κ1) is 16.4. The minimum Gasteiger partial charge on any atom is -0.379 e. The SMILES string of the molecule is CS(=O)(=O)CCOCCNC(=O)[C@@H]1CCC[C@@H]1CN. The van der Waals surface area contributed by atoms with Crippen LogP contribution in [0.2, 0.25) is 0 Å². The fraction of sp³-hybridized carbons (Fsp3) is 0.917. The summed E-state index contributed by atoms with van der Waals surface area (Å²) in [6.07, 6.45) is 4.16. The van der Waals surface area contributed by atoms with Gasteiger partial charge in [0, 0.05) is 18.7 Å². The number of ether oxygens (including phenoxy) is 1. The van der Waals surface area contributed by atoms with Gasteiger partial charge in [-0.1, -0.05) is 6.42 Å². The van der Waals surface area contributed by atoms with E-state index in [9.17, 15) is 13.2 Å². The van der Waals surface area contributed by atoms with Crippen molar-refractivity contribution in [3.63, 3.8) is 0 Å². The Labute approximate surface area is 115 Å². The zero-order valence-corrected chi connectivity index (χ0v) is 12.2. The Morgan fingerprint density at radius 3 is 2.74 bits per heavy atom. The molecule has 7 heteroatoms. The van der Waals surface area contributed by atoms with Gasteiger partial charge in [-0.05, 0) is 25.3 Å². The van der Waals surface area contributed by atoms with Crippen LogP contribution in [-0.2, 0) is 19.4 Å². The van der Waals surface area contributed by atoms with Crippen molar-refractivity contribution in [3.8, 4) is 0 Å². The lowest BCUT2D eigenvalue weighted by Gasteiger charge is -2.17. The minimum atomic E-state index is -2.98. The standard InChI is InChI=1S/C12H24N2O4S/c1-19(16,17)8-7-18-6-5-14-12(15)11-4-2-3-10(11)9-13/h10-11H,2-9,13H2,1H3,(H,14,15)/t10-,11-/m1/s1. The molecule has 0 saturated heterocycles. The largest absolute Gasteiger partial charge is 0.379 e. The summed E-state index contributed by atoms with van der Waals surface area (Å²) in [5, 5.41) is 2.82. The van der Waals surface area contributed by atoms with Crippen molar-refractivity contribution in [1.29, 1.82) is 0 Å². The third kappa shape index (κ3) is 6.35. The van der Waals surface area contributed by atoms with Gasteiger partial charge in [-0.3, -0.25) is 4.79 Å². The number of hydrogen-bond acceptors (Lipinski definition) is 5. The van der Waals surface area contributed by atoms with Gasteiger partial charge in [0.2, 0.25) is 5.91 Å². The second-order valence-corrected chi connectivity index (χ2v) is 7.33. The maximum absolute atomic E-state index is 11.9. The maximum Gasteiger partial charge on any atom is 0.223 e. The maximum atomic E-state index is 11.9. The van der Waals surface area contributed by atoms with Gasteiger partial charge in [0.1, 0.15) is 9.84 Å². The lowest BCUT2D eigenvalue weighted by molar-refractivity contribution is -0.126. The fourth-order valence-corrected chi connectivity index (χ4v) is 2.77. The Morgan fingerprint density at radius 2 is 2.11 bits per heavy atom. The number of sulfone groups is 1. The first-order chi connectivity index (χ1) is 8.94. The molecular weight excluding hydrogens is 268 g/mol. The van der Waals surface area contributed by atoms with Gasteiger partial charge < -0.3 is 15.8 Å². The molecule has 3 N–H and O–H groups in total. The number of carbonyl (C=O) groups is 1. The predicted molar refractivity (Wildman–Crippen MR) is 73.4 cm³/mol. The Morgan fingerprint density at radius 1 is 1.37 bits per heavy atom. The number of nitrogens with one attached hydrogen (secondary N) is 1. The van der Waals surface area contributed by atoms with Gasteiger partial charge in [-0.25, -0.2) is 8.42 Å². The monoisotopic (exact) mass is 292 g/mol. The lowest BCUT2D eigenvalue weighted by Crippen LogP contribution is -2.36. The molecule has 0 heterocycles. The summed E-state index contributed by atoms with van der Waals surface area (Å²) in [7, 11) is -2.98. The average molecular weight is 292 g/mol. The highest BCUT2D eigenvalue weighted by Gasteiger charge is 2.31. The third-order valence-electron chi connectivity index (χ3n) is 3.44. The predicted octanol–water partition coefficient (Wildman–Crippen LogP) is -0.461. The molecule has 1 aliphatic rings. The molecule has 1 saturated carbocycles. The molecule has 0 aromatic heterocycles. The molecule has 0 radical (unpaired) electrons. The second kappa shape index (κ2) is 7.81. The normalized spacial score (nSPS) is 23.5. The van der Waals surface area contributed by atoms with Crippen LogP contribution in [0.15, 0.2) is 0 Å². The van der Waals surface area contributed by atoms with Crippen LogP contribution >= 0.6 is 0 Å². The van der Waals surface area contributed by atoms with E-state index in [0.29, 0.717) is 25.6 Å². The van der Waals surface area contributed by atoms with Crippen molar-refractivity contribution < 1.29 is 17.9 Å². The molecule has 112 valence electrons. The van der Waals surface area contributed by atoms with E-state index in [1.165, 1.54) is 6.26 Å². The summed E-state index contributed by atoms with van der Waals surface area (Å²) in [6.45, 7) is 1.48. The van der Waals surface area contributed by atoms with Crippen molar-refractivity contribution in [1.82, 2.24) is 5.32 Å². The van der Waals surface area contributed by atoms with Crippen molar-refractivity contribution in [2.24, 2.45) is 17.6 Å². The van der Waals surface area contributed by atoms with Crippen LogP contribution in [0.5, 0.6) is 0 Å². The number of carbonyl (C=O) groups excluding carboxylic acids is 1. The van der Waals surface area contributed by atoms with Crippen LogP contribution in [0.1, 0.15) is 19.3 Å². The fourth-order valence-electron chi connectivity index (χ4n) is 2.35. The topological polar surface area (TPSA) is 98.5 Å². The van der Waals surface area contributed by atoms with Gasteiger partial charge in [-0.15, -0.1) is 0 Å². The number of amides is 1. The van der Waals surface area contributed by atoms with E-state index >= 15 is 0 Å². The van der Waals surface area contributed by atoms with Crippen LogP contribution in [0.25, 0.3) is 0 Å². The van der Waals surface area contributed by atoms with Gasteiger partial charge in [0.25, 0.3) is 0 Å². The van der Waals surface area contributed by atoms with Crippen LogP contribution in [0.4, 0.5) is 0 Å². The molecule has 1 fully saturated rings. The van der Waals surface area contributed by atoms with Gasteiger partial charge >= 0.3 is 0 Å². The molecule has 1 rings (SSSR count). The molecule has 2 atom stereocenters. The first-order valence-corrected chi connectivity index (χ1v) is 8.73. The summed E-state index contributed by atoms with van der Waals surface area (Å²) in [4.78, 5) is 11.9. The molecule has 0 aliphatic heterocycles. The van der Waals surface area contributed by atoms with E-state index in [2.05, 4.69) is 5.32 Å². The van der Waals surface area contributed by atoms with E-state index < -0.39 is 9.84 Å². The minimum absolute atomic E-state index is 0.0127. The van der Waals surface area contributed by atoms with E-state index in [1.807, 2.05) is 0 Å². The molecule has 0 aromatic rings. The Balaban J connectivity index is 2.11. The van der Waals surface area contributed by atoms with Crippen LogP contribution in [0, 0.1) is 11.8 Å². The van der Waals surface area contributed by atoms with Crippen molar-refractivity contribution >= 4 is 15.7 Å². The average Bonchev–Trinajstić information content (AvgIpc) is 2.80. The van der Waals surface area contributed by atoms with Crippen molar-refractivity contribution in [2.75, 3.05) is 38.3 Å². The molecule has 1 amide bonds. The van der Waals surface area contributed by atoms with Gasteiger partial charge in [-0.2, -0.15) is 0 Å². The van der Waals surface area contributed by atoms with Crippen molar-refractivity contribution in [2.45, 2.75) is 19.3 Å². The van der Waals surface area contributed by atoms with Crippen molar-refractivity contribution in [3.05, 3.63) is 0 Å². The molecule has 0 aromatic carbocycles. The highest BCUT2D eigenvalue weighted by molar-refractivity contribution is 7.90. The molecule has 0 spiro atoms. The Bertz CT molecular complexity index is 383. The number of rotatable bonds is 8. The summed E-state index contributed by atoms with van der Waals surface area (Å²) >= 11 is 0. The quantitative estimate of drug-likeness (QED) is 0.590. The van der Waals surface area contributed by atoms with E-state index in [1.54, 1.807) is 0 Å². The summed E-state index contributed by atoms with van der Waals surface area (Å²) < 4.78 is 26.9. The highest BCUT2D eigenvalue weighted by Crippen LogP contribution is 2.30.